The minimum atomic E-state index is -4.44. The Morgan fingerprint density at radius 1 is 0.866 bits per heavy atom. The second kappa shape index (κ2) is 29.4. The topological polar surface area (TPSA) is 175 Å². The van der Waals surface area contributed by atoms with Crippen molar-refractivity contribution in [3.63, 3.8) is 0 Å². The number of ether oxygens (including phenoxy) is 4. The first-order chi connectivity index (χ1) is 39.0. The smallest absolute Gasteiger partial charge is 0.416 e. The van der Waals surface area contributed by atoms with Crippen LogP contribution in [0.1, 0.15) is 76.6 Å². The van der Waals surface area contributed by atoms with Gasteiger partial charge in [0, 0.05) is 50.0 Å². The predicted molar refractivity (Wildman–Crippen MR) is 298 cm³/mol. The summed E-state index contributed by atoms with van der Waals surface area (Å²) in [5, 5.41) is 18.6. The number of hydroxylamine groups is 2. The molecule has 1 aliphatic rings. The van der Waals surface area contributed by atoms with E-state index < -0.39 is 47.6 Å². The Kier molecular flexibility index (Phi) is 23.0. The van der Waals surface area contributed by atoms with E-state index in [1.54, 1.807) is 72.5 Å². The van der Waals surface area contributed by atoms with Crippen molar-refractivity contribution in [3.8, 4) is 11.5 Å². The zero-order valence-electron chi connectivity index (χ0n) is 44.6. The highest BCUT2D eigenvalue weighted by Crippen LogP contribution is 2.41. The molecule has 3 heterocycles. The minimum absolute atomic E-state index is 0.0484. The molecule has 8 rings (SSSR count). The van der Waals surface area contributed by atoms with Gasteiger partial charge in [-0.25, -0.2) is 28.3 Å². The average Bonchev–Trinajstić information content (AvgIpc) is 3.95. The van der Waals surface area contributed by atoms with E-state index >= 15 is 0 Å². The molecule has 0 aliphatic carbocycles. The number of alkyl halides is 5. The molecule has 0 spiro atoms. The van der Waals surface area contributed by atoms with Gasteiger partial charge in [-0.2, -0.15) is 23.4 Å². The number of nitrogens with zero attached hydrogens (tertiary/aromatic N) is 8. The lowest BCUT2D eigenvalue weighted by molar-refractivity contribution is -0.186. The van der Waals surface area contributed by atoms with Gasteiger partial charge in [0.2, 0.25) is 5.79 Å². The summed E-state index contributed by atoms with van der Waals surface area (Å²) in [4.78, 5) is 43.8. The number of aryl methyl sites for hydroxylation is 1. The Morgan fingerprint density at radius 2 is 1.56 bits per heavy atom. The van der Waals surface area contributed by atoms with E-state index in [0.29, 0.717) is 72.0 Å². The van der Waals surface area contributed by atoms with E-state index in [0.717, 1.165) is 21.9 Å². The van der Waals surface area contributed by atoms with Crippen LogP contribution in [0.15, 0.2) is 132 Å². The number of methoxy groups -OCH3 is 1. The zero-order valence-corrected chi connectivity index (χ0v) is 48.4. The van der Waals surface area contributed by atoms with Gasteiger partial charge in [0.05, 0.1) is 54.8 Å². The van der Waals surface area contributed by atoms with Crippen molar-refractivity contribution in [1.29, 1.82) is 0 Å². The van der Waals surface area contributed by atoms with E-state index in [1.165, 1.54) is 72.1 Å². The van der Waals surface area contributed by atoms with E-state index in [4.69, 9.17) is 91.5 Å². The van der Waals surface area contributed by atoms with E-state index in [-0.39, 0.29) is 41.7 Å². The molecule has 17 nitrogen and oxygen atoms in total. The van der Waals surface area contributed by atoms with Crippen molar-refractivity contribution < 1.29 is 65.0 Å². The van der Waals surface area contributed by atoms with Crippen molar-refractivity contribution >= 4 is 81.3 Å². The van der Waals surface area contributed by atoms with Crippen LogP contribution in [0.5, 0.6) is 11.5 Å². The molecule has 82 heavy (non-hydrogen) atoms. The number of esters is 1. The van der Waals surface area contributed by atoms with Gasteiger partial charge in [-0.15, -0.1) is 0 Å². The van der Waals surface area contributed by atoms with E-state index in [9.17, 15) is 31.5 Å². The summed E-state index contributed by atoms with van der Waals surface area (Å²) in [6, 6.07) is 26.6. The number of carbonyl (C=O) groups is 2. The van der Waals surface area contributed by atoms with Crippen LogP contribution >= 0.6 is 58.0 Å². The molecule has 0 N–H and O–H groups in total. The standard InChI is InChI=1S/C20H19F3N2O4.C19H17Cl2N3O3.C16H16Cl3F2N3O2/c1-13(14-8-6-9-16(11-14)20(21,22)23)24-29-12-15-7-4-5-10-17(15)18(25-28-3)19(26)27-2;1-13-9-25-19(27-13,10-24-12-22-11-23-24)17-7-6-16(8-18(17)21)26-15-4-2-14(20)3-5-15;1-8(4-10-12(18)5-9(17)6-13(10)19)24(26-3)16(25)11-7-23(2)22-14(11)15(20)21/h4-11H,12H2,1-3H3;2-8,11-13H,9-10H2,1H3;5-8,15H,4H2,1-3H3/b24-13+,25-18+;;. The van der Waals surface area contributed by atoms with Gasteiger partial charge in [0.15, 0.2) is 5.71 Å². The van der Waals surface area contributed by atoms with Gasteiger partial charge < -0.3 is 28.6 Å². The van der Waals surface area contributed by atoms with Gasteiger partial charge in [0.25, 0.3) is 12.3 Å². The monoisotopic (exact) mass is 1240 g/mol. The number of hydrogen-bond acceptors (Lipinski definition) is 14. The molecule has 3 atom stereocenters. The Balaban J connectivity index is 0.000000198. The first-order valence-electron chi connectivity index (χ1n) is 24.3. The van der Waals surface area contributed by atoms with Crippen LogP contribution in [0.4, 0.5) is 22.0 Å². The highest BCUT2D eigenvalue weighted by molar-refractivity contribution is 6.43. The number of carbonyl (C=O) groups excluding carboxylic acids is 2. The van der Waals surface area contributed by atoms with Crippen molar-refractivity contribution in [2.75, 3.05) is 27.9 Å². The second-order valence-electron chi connectivity index (χ2n) is 17.7. The molecule has 7 aromatic rings. The average molecular weight is 1240 g/mol. The Labute approximate surface area is 492 Å². The van der Waals surface area contributed by atoms with Crippen molar-refractivity contribution in [3.05, 3.63) is 192 Å². The van der Waals surface area contributed by atoms with Crippen LogP contribution in [0.2, 0.25) is 25.1 Å². The van der Waals surface area contributed by atoms with Crippen molar-refractivity contribution in [1.82, 2.24) is 29.6 Å². The van der Waals surface area contributed by atoms with Gasteiger partial charge in [0.1, 0.15) is 50.1 Å². The van der Waals surface area contributed by atoms with Gasteiger partial charge in [-0.1, -0.05) is 105 Å². The highest BCUT2D eigenvalue weighted by Gasteiger charge is 2.44. The SMILES string of the molecule is CC1COC(Cn2cncn2)(c2ccc(Oc3ccc(Cl)cc3)cc2Cl)O1.CO/N=C(/C(=O)OC)c1ccccc1CO/N=C(\C)c1cccc(C(F)(F)F)c1.CON(C(=O)c1cn(C)nc1C(F)F)C(C)Cc1c(Cl)cc(Cl)cc1Cl. The maximum absolute atomic E-state index is 13.1. The molecule has 1 fully saturated rings. The fourth-order valence-electron chi connectivity index (χ4n) is 7.98. The fourth-order valence-corrected chi connectivity index (χ4v) is 9.39. The molecular weight excluding hydrogens is 1190 g/mol. The summed E-state index contributed by atoms with van der Waals surface area (Å²) in [7, 11) is 5.24. The molecule has 1 amide bonds. The largest absolute Gasteiger partial charge is 0.464 e. The third kappa shape index (κ3) is 17.1. The second-order valence-corrected chi connectivity index (χ2v) is 19.8. The summed E-state index contributed by atoms with van der Waals surface area (Å²) in [6.07, 6.45) is -2.84. The molecular formula is C55H52Cl5F5N8O9. The molecule has 5 aromatic carbocycles. The molecule has 1 saturated heterocycles. The third-order valence-corrected chi connectivity index (χ3v) is 13.2. The highest BCUT2D eigenvalue weighted by atomic mass is 35.5. The summed E-state index contributed by atoms with van der Waals surface area (Å²) in [5.41, 5.74) is 1.17. The predicted octanol–water partition coefficient (Wildman–Crippen LogP) is 13.8. The number of amides is 1. The van der Waals surface area contributed by atoms with E-state index in [1.807, 2.05) is 19.1 Å². The summed E-state index contributed by atoms with van der Waals surface area (Å²) >= 11 is 30.7. The fraction of sp³-hybridized carbons (Fsp3) is 0.291. The number of aromatic nitrogens is 5. The number of halogens is 10. The van der Waals surface area contributed by atoms with Gasteiger partial charge in [-0.3, -0.25) is 14.3 Å². The van der Waals surface area contributed by atoms with Crippen LogP contribution in [-0.2, 0) is 72.1 Å². The third-order valence-electron chi connectivity index (χ3n) is 11.7. The number of rotatable bonds is 18. The van der Waals surface area contributed by atoms with Crippen molar-refractivity contribution in [2.24, 2.45) is 17.4 Å². The summed E-state index contributed by atoms with van der Waals surface area (Å²) in [5.74, 6) is -1.17. The number of hydrogen-bond donors (Lipinski definition) is 0. The maximum atomic E-state index is 13.1. The molecule has 1 aliphatic heterocycles. The van der Waals surface area contributed by atoms with Crippen LogP contribution < -0.4 is 4.74 Å². The Bertz CT molecular complexity index is 3330. The molecule has 0 saturated carbocycles. The molecule has 2 aromatic heterocycles. The molecule has 27 heteroatoms. The van der Waals surface area contributed by atoms with E-state index in [2.05, 4.69) is 25.5 Å². The Hall–Kier alpha value is -6.89. The molecule has 0 bridgehead atoms. The lowest BCUT2D eigenvalue weighted by Crippen LogP contribution is -2.39. The van der Waals surface area contributed by atoms with Crippen LogP contribution in [-0.4, -0.2) is 93.0 Å². The van der Waals surface area contributed by atoms with Crippen molar-refractivity contribution in [2.45, 2.75) is 70.9 Å². The van der Waals surface area contributed by atoms with Gasteiger partial charge in [-0.05, 0) is 105 Å². The normalized spacial score (nSPS) is 15.7. The number of oxime groups is 2. The lowest BCUT2D eigenvalue weighted by atomic mass is 10.0. The van der Waals surface area contributed by atoms with Crippen LogP contribution in [0.25, 0.3) is 0 Å². The lowest BCUT2D eigenvalue weighted by Gasteiger charge is -2.29. The van der Waals surface area contributed by atoms with Crippen LogP contribution in [0.3, 0.4) is 0 Å². The molecule has 0 radical (unpaired) electrons. The maximum Gasteiger partial charge on any atom is 0.416 e. The quantitative estimate of drug-likeness (QED) is 0.0345. The summed E-state index contributed by atoms with van der Waals surface area (Å²) < 4.78 is 90.3. The minimum Gasteiger partial charge on any atom is -0.464 e. The number of benzene rings is 5. The summed E-state index contributed by atoms with van der Waals surface area (Å²) in [6.45, 7) is 5.93. The first kappa shape index (κ1) is 64.3. The zero-order chi connectivity index (χ0) is 59.9. The van der Waals surface area contributed by atoms with Gasteiger partial charge >= 0.3 is 12.1 Å². The van der Waals surface area contributed by atoms with Crippen LogP contribution in [0, 0.1) is 0 Å². The molecule has 3 unspecified atom stereocenters. The Morgan fingerprint density at radius 3 is 2.16 bits per heavy atom. The first-order valence-corrected chi connectivity index (χ1v) is 26.2. The molecule has 436 valence electrons.